The highest BCUT2D eigenvalue weighted by Crippen LogP contribution is 2.15. The van der Waals surface area contributed by atoms with Crippen LogP contribution in [0.4, 0.5) is 0 Å². The summed E-state index contributed by atoms with van der Waals surface area (Å²) in [5, 5.41) is 0.151. The van der Waals surface area contributed by atoms with E-state index in [9.17, 15) is 14.4 Å². The monoisotopic (exact) mass is 221 g/mol. The van der Waals surface area contributed by atoms with Crippen molar-refractivity contribution in [3.63, 3.8) is 0 Å². The normalized spacial score (nSPS) is 10.3. The van der Waals surface area contributed by atoms with E-state index in [1.54, 1.807) is 0 Å². The maximum absolute atomic E-state index is 11.3. The first-order valence-electron chi connectivity index (χ1n) is 4.42. The Morgan fingerprint density at radius 2 is 2.12 bits per heavy atom. The molecule has 82 valence electrons. The summed E-state index contributed by atoms with van der Waals surface area (Å²) in [6.45, 7) is 1.25. The van der Waals surface area contributed by atoms with Gasteiger partial charge in [0, 0.05) is 6.92 Å². The molecule has 6 heteroatoms. The largest absolute Gasteiger partial charge is 0.427 e. The van der Waals surface area contributed by atoms with Gasteiger partial charge in [-0.1, -0.05) is 0 Å². The summed E-state index contributed by atoms with van der Waals surface area (Å²) in [6.07, 6.45) is 0. The molecule has 1 N–H and O–H groups in total. The van der Waals surface area contributed by atoms with Crippen LogP contribution in [0.1, 0.15) is 6.92 Å². The van der Waals surface area contributed by atoms with Crippen LogP contribution in [0.5, 0.6) is 5.75 Å². The first-order chi connectivity index (χ1) is 7.56. The second-order valence-corrected chi connectivity index (χ2v) is 3.10. The molecule has 6 nitrogen and oxygen atoms in total. The van der Waals surface area contributed by atoms with Crippen LogP contribution in [-0.4, -0.2) is 11.0 Å². The van der Waals surface area contributed by atoms with Crippen molar-refractivity contribution < 1.29 is 13.9 Å². The lowest BCUT2D eigenvalue weighted by Gasteiger charge is -2.01. The number of benzene rings is 1. The molecular weight excluding hydrogens is 214 g/mol. The first kappa shape index (κ1) is 10.2. The van der Waals surface area contributed by atoms with Crippen LogP contribution in [0, 0.1) is 0 Å². The van der Waals surface area contributed by atoms with Crippen molar-refractivity contribution in [1.82, 2.24) is 4.98 Å². The predicted octanol–water partition coefficient (Wildman–Crippen LogP) is 0.407. The van der Waals surface area contributed by atoms with E-state index >= 15 is 0 Å². The zero-order chi connectivity index (χ0) is 11.7. The van der Waals surface area contributed by atoms with Crippen LogP contribution in [0.3, 0.4) is 0 Å². The van der Waals surface area contributed by atoms with Crippen LogP contribution in [0.15, 0.2) is 32.2 Å². The second-order valence-electron chi connectivity index (χ2n) is 3.10. The van der Waals surface area contributed by atoms with Gasteiger partial charge in [0.25, 0.3) is 0 Å². The van der Waals surface area contributed by atoms with Gasteiger partial charge in [-0.15, -0.1) is 0 Å². The zero-order valence-electron chi connectivity index (χ0n) is 8.27. The third-order valence-corrected chi connectivity index (χ3v) is 1.89. The molecule has 0 aliphatic rings. The van der Waals surface area contributed by atoms with E-state index in [1.165, 1.54) is 25.1 Å². The van der Waals surface area contributed by atoms with Crippen LogP contribution < -0.4 is 16.1 Å². The maximum atomic E-state index is 11.3. The van der Waals surface area contributed by atoms with E-state index < -0.39 is 17.4 Å². The molecule has 1 aromatic carbocycles. The van der Waals surface area contributed by atoms with Gasteiger partial charge >= 0.3 is 17.4 Å². The number of aromatic nitrogens is 1. The Morgan fingerprint density at radius 3 is 2.81 bits per heavy atom. The van der Waals surface area contributed by atoms with E-state index in [-0.39, 0.29) is 11.1 Å². The van der Waals surface area contributed by atoms with Gasteiger partial charge in [0.2, 0.25) is 0 Å². The Labute approximate surface area is 88.5 Å². The minimum atomic E-state index is -0.822. The molecule has 0 atom stereocenters. The molecule has 0 aliphatic heterocycles. The third kappa shape index (κ3) is 1.85. The second kappa shape index (κ2) is 3.65. The van der Waals surface area contributed by atoms with Crippen LogP contribution in [0.2, 0.25) is 0 Å². The van der Waals surface area contributed by atoms with E-state index in [0.717, 1.165) is 0 Å². The van der Waals surface area contributed by atoms with Crippen molar-refractivity contribution in [2.45, 2.75) is 6.92 Å². The Hall–Kier alpha value is -2.37. The van der Waals surface area contributed by atoms with Gasteiger partial charge in [0.1, 0.15) is 5.75 Å². The maximum Gasteiger partial charge on any atom is 0.419 e. The molecule has 0 spiro atoms. The summed E-state index contributed by atoms with van der Waals surface area (Å²) < 4.78 is 9.14. The lowest BCUT2D eigenvalue weighted by atomic mass is 10.2. The van der Waals surface area contributed by atoms with Gasteiger partial charge < -0.3 is 9.15 Å². The summed E-state index contributed by atoms with van der Waals surface area (Å²) >= 11 is 0. The van der Waals surface area contributed by atoms with Crippen molar-refractivity contribution in [3.05, 3.63) is 39.2 Å². The fourth-order valence-corrected chi connectivity index (χ4v) is 1.31. The van der Waals surface area contributed by atoms with E-state index in [0.29, 0.717) is 5.52 Å². The average Bonchev–Trinajstić information content (AvgIpc) is 2.18. The highest BCUT2D eigenvalue weighted by Gasteiger charge is 2.05. The quantitative estimate of drug-likeness (QED) is 0.556. The molecule has 16 heavy (non-hydrogen) atoms. The summed E-state index contributed by atoms with van der Waals surface area (Å²) in [4.78, 5) is 35.2. The van der Waals surface area contributed by atoms with Crippen LogP contribution in [-0.2, 0) is 4.79 Å². The number of rotatable bonds is 1. The van der Waals surface area contributed by atoms with Gasteiger partial charge in [0.15, 0.2) is 0 Å². The Kier molecular flexibility index (Phi) is 2.32. The number of ether oxygens (including phenoxy) is 1. The molecule has 0 unspecified atom stereocenters. The number of fused-ring (bicyclic) bond motifs is 1. The average molecular weight is 221 g/mol. The molecule has 1 aromatic heterocycles. The fraction of sp³-hybridized carbons (Fsp3) is 0.100. The summed E-state index contributed by atoms with van der Waals surface area (Å²) in [5.74, 6) is -1.09. The Balaban J connectivity index is 2.66. The molecule has 1 heterocycles. The minimum Gasteiger partial charge on any atom is -0.427 e. The summed E-state index contributed by atoms with van der Waals surface area (Å²) in [6, 6.07) is 4.27. The lowest BCUT2D eigenvalue weighted by Crippen LogP contribution is -2.14. The van der Waals surface area contributed by atoms with Crippen LogP contribution >= 0.6 is 0 Å². The van der Waals surface area contributed by atoms with Gasteiger partial charge in [0.05, 0.1) is 10.9 Å². The highest BCUT2D eigenvalue weighted by molar-refractivity contribution is 5.79. The molecule has 2 aromatic rings. The number of aromatic amines is 1. The van der Waals surface area contributed by atoms with E-state index in [2.05, 4.69) is 9.40 Å². The number of hydrogen-bond acceptors (Lipinski definition) is 5. The molecular formula is C10H7NO5. The molecule has 0 amide bonds. The molecule has 0 saturated carbocycles. The van der Waals surface area contributed by atoms with Crippen molar-refractivity contribution in [1.29, 1.82) is 0 Å². The van der Waals surface area contributed by atoms with Crippen molar-refractivity contribution >= 4 is 16.9 Å². The lowest BCUT2D eigenvalue weighted by molar-refractivity contribution is -0.131. The molecule has 0 bridgehead atoms. The fourth-order valence-electron chi connectivity index (χ4n) is 1.31. The molecule has 0 aliphatic carbocycles. The van der Waals surface area contributed by atoms with E-state index in [4.69, 9.17) is 4.74 Å². The molecule has 0 saturated heterocycles. The van der Waals surface area contributed by atoms with Crippen LogP contribution in [0.25, 0.3) is 10.9 Å². The number of H-pyrrole nitrogens is 1. The number of esters is 1. The predicted molar refractivity (Wildman–Crippen MR) is 54.4 cm³/mol. The summed E-state index contributed by atoms with van der Waals surface area (Å²) in [7, 11) is 0. The third-order valence-electron chi connectivity index (χ3n) is 1.89. The van der Waals surface area contributed by atoms with Gasteiger partial charge in [-0.2, -0.15) is 0 Å². The van der Waals surface area contributed by atoms with Gasteiger partial charge in [-0.25, -0.2) is 9.59 Å². The number of nitrogens with one attached hydrogen (secondary N) is 1. The molecule has 0 radical (unpaired) electrons. The number of carbonyl (C=O) groups excluding carboxylic acids is 1. The van der Waals surface area contributed by atoms with Crippen molar-refractivity contribution in [3.8, 4) is 5.75 Å². The Morgan fingerprint density at radius 1 is 1.38 bits per heavy atom. The standard InChI is InChI=1S/C10H7NO5/c1-5(12)15-6-2-3-8-7(4-6)9(13)16-10(14)11-8/h2-4H,1H3,(H,11,14). The SMILES string of the molecule is CC(=O)Oc1ccc2[nH]c(=O)oc(=O)c2c1. The minimum absolute atomic E-state index is 0.151. The topological polar surface area (TPSA) is 89.4 Å². The zero-order valence-corrected chi connectivity index (χ0v) is 8.27. The molecule has 2 rings (SSSR count). The van der Waals surface area contributed by atoms with E-state index in [1.807, 2.05) is 0 Å². The number of hydrogen-bond donors (Lipinski definition) is 1. The Bertz CT molecular complexity index is 667. The van der Waals surface area contributed by atoms with Gasteiger partial charge in [-0.3, -0.25) is 9.78 Å². The summed E-state index contributed by atoms with van der Waals surface area (Å²) in [5.41, 5.74) is -0.440. The first-order valence-corrected chi connectivity index (χ1v) is 4.42. The smallest absolute Gasteiger partial charge is 0.419 e. The molecule has 0 fully saturated rings. The van der Waals surface area contributed by atoms with Gasteiger partial charge in [-0.05, 0) is 18.2 Å². The van der Waals surface area contributed by atoms with Crippen molar-refractivity contribution in [2.75, 3.05) is 0 Å². The van der Waals surface area contributed by atoms with Crippen molar-refractivity contribution in [2.24, 2.45) is 0 Å². The highest BCUT2D eigenvalue weighted by atomic mass is 16.5. The number of carbonyl (C=O) groups is 1.